The van der Waals surface area contributed by atoms with Crippen LogP contribution in [-0.4, -0.2) is 54.7 Å². The highest BCUT2D eigenvalue weighted by Gasteiger charge is 2.28. The molecule has 0 unspecified atom stereocenters. The van der Waals surface area contributed by atoms with Crippen LogP contribution >= 0.6 is 0 Å². The molecule has 0 spiro atoms. The summed E-state index contributed by atoms with van der Waals surface area (Å²) in [6, 6.07) is 4.23. The van der Waals surface area contributed by atoms with Crippen molar-refractivity contribution in [1.82, 2.24) is 15.3 Å². The maximum atomic E-state index is 13.1. The van der Waals surface area contributed by atoms with Crippen molar-refractivity contribution in [2.45, 2.75) is 52.5 Å². The third kappa shape index (κ3) is 6.28. The lowest BCUT2D eigenvalue weighted by Crippen LogP contribution is -2.52. The lowest BCUT2D eigenvalue weighted by Gasteiger charge is -2.31. The number of unbranched alkanes of at least 4 members (excludes halogenated alkanes) is 2. The van der Waals surface area contributed by atoms with Gasteiger partial charge in [-0.25, -0.2) is 10.0 Å². The Bertz CT molecular complexity index is 775. The summed E-state index contributed by atoms with van der Waals surface area (Å²) in [5.74, 6) is 0.624. The zero-order chi connectivity index (χ0) is 22.1. The number of carbonyl (C=O) groups is 2. The predicted molar refractivity (Wildman–Crippen MR) is 113 cm³/mol. The topological polar surface area (TPSA) is 94.9 Å². The maximum absolute atomic E-state index is 13.1. The summed E-state index contributed by atoms with van der Waals surface area (Å²) in [4.78, 5) is 25.9. The van der Waals surface area contributed by atoms with Crippen LogP contribution in [0.1, 0.15) is 56.8 Å². The zero-order valence-corrected chi connectivity index (χ0v) is 18.3. The van der Waals surface area contributed by atoms with Gasteiger partial charge < -0.3 is 14.8 Å². The molecule has 2 amide bonds. The van der Waals surface area contributed by atoms with Crippen LogP contribution in [0.2, 0.25) is 0 Å². The van der Waals surface area contributed by atoms with Crippen LogP contribution in [0.3, 0.4) is 0 Å². The number of hydrazine groups is 1. The molecule has 0 saturated heterocycles. The monoisotopic (exact) mass is 416 g/mol. The first-order valence-electron chi connectivity index (χ1n) is 10.5. The average molecular weight is 417 g/mol. The van der Waals surface area contributed by atoms with Crippen LogP contribution in [0, 0.1) is 17.4 Å². The van der Waals surface area contributed by atoms with E-state index in [1.165, 1.54) is 10.0 Å². The number of benzene rings is 1. The van der Waals surface area contributed by atoms with E-state index >= 15 is 0 Å². The number of fused-ring (bicyclic) bond motifs is 1. The van der Waals surface area contributed by atoms with Crippen LogP contribution in [-0.2, 0) is 4.79 Å². The predicted octanol–water partition coefficient (Wildman–Crippen LogP) is 2.95. The highest BCUT2D eigenvalue weighted by molar-refractivity contribution is 5.98. The molecule has 1 aliphatic heterocycles. The minimum absolute atomic E-state index is 0.184. The summed E-state index contributed by atoms with van der Waals surface area (Å²) >= 11 is 0. The lowest BCUT2D eigenvalue weighted by molar-refractivity contribution is -0.143. The molecule has 0 fully saturated rings. The highest BCUT2D eigenvalue weighted by Crippen LogP contribution is 2.30. The van der Waals surface area contributed by atoms with E-state index in [4.69, 9.17) is 9.47 Å². The first-order chi connectivity index (χ1) is 14.4. The molecule has 8 nitrogen and oxygen atoms in total. The smallest absolute Gasteiger partial charge is 0.263 e. The van der Waals surface area contributed by atoms with Crippen LogP contribution in [0.4, 0.5) is 0 Å². The quantitative estimate of drug-likeness (QED) is 0.273. The summed E-state index contributed by atoms with van der Waals surface area (Å²) < 4.78 is 11.0. The van der Waals surface area contributed by atoms with Gasteiger partial charge in [0.15, 0.2) is 17.7 Å². The summed E-state index contributed by atoms with van der Waals surface area (Å²) in [7, 11) is 1.57. The van der Waals surface area contributed by atoms with Crippen molar-refractivity contribution < 1.29 is 19.1 Å². The fourth-order valence-corrected chi connectivity index (χ4v) is 3.24. The van der Waals surface area contributed by atoms with E-state index in [0.29, 0.717) is 43.2 Å². The molecule has 164 valence electrons. The number of hydrogen-bond acceptors (Lipinski definition) is 6. The van der Waals surface area contributed by atoms with Gasteiger partial charge >= 0.3 is 0 Å². The van der Waals surface area contributed by atoms with Gasteiger partial charge in [-0.3, -0.25) is 9.59 Å². The number of nitrogens with zero attached hydrogens (tertiary/aromatic N) is 3. The lowest BCUT2D eigenvalue weighted by atomic mass is 10.0. The van der Waals surface area contributed by atoms with Crippen LogP contribution < -0.4 is 14.8 Å². The molecule has 1 aromatic carbocycles. The van der Waals surface area contributed by atoms with E-state index in [9.17, 15) is 14.9 Å². The molecule has 2 rings (SSSR count). The van der Waals surface area contributed by atoms with E-state index in [1.54, 1.807) is 25.2 Å². The van der Waals surface area contributed by atoms with Gasteiger partial charge in [-0.2, -0.15) is 5.26 Å². The van der Waals surface area contributed by atoms with Crippen molar-refractivity contribution in [3.63, 3.8) is 0 Å². The molecule has 8 heteroatoms. The summed E-state index contributed by atoms with van der Waals surface area (Å²) in [5.41, 5.74) is 0.392. The van der Waals surface area contributed by atoms with Crippen LogP contribution in [0.15, 0.2) is 18.2 Å². The molecule has 30 heavy (non-hydrogen) atoms. The van der Waals surface area contributed by atoms with Crippen LogP contribution in [0.5, 0.6) is 11.5 Å². The molecular formula is C22H32N4O4. The SMILES string of the molecule is CCCCCN(C#N)N(C)C(=O)[C@H](CC(C)C)NC(=O)c1ccc2c(c1)OCCO2. The average Bonchev–Trinajstić information content (AvgIpc) is 2.74. The Morgan fingerprint density at radius 3 is 2.53 bits per heavy atom. The summed E-state index contributed by atoms with van der Waals surface area (Å²) in [6.45, 7) is 7.43. The van der Waals surface area contributed by atoms with Crippen molar-refractivity contribution in [1.29, 1.82) is 5.26 Å². The number of amides is 2. The molecule has 1 aromatic rings. The fraction of sp³-hybridized carbons (Fsp3) is 0.591. The Labute approximate surface area is 178 Å². The fourth-order valence-electron chi connectivity index (χ4n) is 3.24. The number of nitrogens with one attached hydrogen (secondary N) is 1. The van der Waals surface area contributed by atoms with Gasteiger partial charge in [0.05, 0.1) is 6.54 Å². The van der Waals surface area contributed by atoms with Gasteiger partial charge in [0.1, 0.15) is 19.3 Å². The molecule has 1 atom stereocenters. The Hall–Kier alpha value is -2.95. The van der Waals surface area contributed by atoms with Gasteiger partial charge in [-0.15, -0.1) is 0 Å². The van der Waals surface area contributed by atoms with Gasteiger partial charge in [0, 0.05) is 12.6 Å². The minimum Gasteiger partial charge on any atom is -0.486 e. The van der Waals surface area contributed by atoms with E-state index in [-0.39, 0.29) is 17.7 Å². The van der Waals surface area contributed by atoms with Crippen molar-refractivity contribution in [3.8, 4) is 17.7 Å². The van der Waals surface area contributed by atoms with Crippen molar-refractivity contribution in [3.05, 3.63) is 23.8 Å². The number of rotatable bonds is 10. The second kappa shape index (κ2) is 11.3. The Morgan fingerprint density at radius 2 is 1.90 bits per heavy atom. The van der Waals surface area contributed by atoms with Crippen LogP contribution in [0.25, 0.3) is 0 Å². The third-order valence-electron chi connectivity index (χ3n) is 4.88. The van der Waals surface area contributed by atoms with Crippen molar-refractivity contribution in [2.24, 2.45) is 5.92 Å². The Morgan fingerprint density at radius 1 is 1.20 bits per heavy atom. The molecule has 0 radical (unpaired) electrons. The first kappa shape index (κ1) is 23.3. The second-order valence-corrected chi connectivity index (χ2v) is 7.81. The normalized spacial score (nSPS) is 13.3. The number of carbonyl (C=O) groups excluding carboxylic acids is 2. The molecular weight excluding hydrogens is 384 g/mol. The van der Waals surface area contributed by atoms with Crippen molar-refractivity contribution >= 4 is 11.8 Å². The maximum Gasteiger partial charge on any atom is 0.263 e. The Balaban J connectivity index is 2.11. The van der Waals surface area contributed by atoms with E-state index in [2.05, 4.69) is 18.4 Å². The number of ether oxygens (including phenoxy) is 2. The molecule has 1 aliphatic rings. The third-order valence-corrected chi connectivity index (χ3v) is 4.88. The number of nitriles is 1. The minimum atomic E-state index is -0.738. The molecule has 0 aliphatic carbocycles. The first-order valence-corrected chi connectivity index (χ1v) is 10.5. The highest BCUT2D eigenvalue weighted by atomic mass is 16.6. The molecule has 0 aromatic heterocycles. The van der Waals surface area contributed by atoms with Gasteiger partial charge in [0.25, 0.3) is 11.8 Å². The molecule has 1 N–H and O–H groups in total. The largest absolute Gasteiger partial charge is 0.486 e. The van der Waals surface area contributed by atoms with Gasteiger partial charge in [0.2, 0.25) is 0 Å². The van der Waals surface area contributed by atoms with Gasteiger partial charge in [-0.05, 0) is 37.0 Å². The molecule has 0 bridgehead atoms. The van der Waals surface area contributed by atoms with E-state index in [0.717, 1.165) is 19.3 Å². The summed E-state index contributed by atoms with van der Waals surface area (Å²) in [5, 5.41) is 14.9. The zero-order valence-electron chi connectivity index (χ0n) is 18.3. The second-order valence-electron chi connectivity index (χ2n) is 7.81. The molecule has 0 saturated carbocycles. The number of hydrogen-bond donors (Lipinski definition) is 1. The summed E-state index contributed by atoms with van der Waals surface area (Å²) in [6.07, 6.45) is 5.36. The van der Waals surface area contributed by atoms with Crippen molar-refractivity contribution in [2.75, 3.05) is 26.8 Å². The van der Waals surface area contributed by atoms with E-state index < -0.39 is 6.04 Å². The van der Waals surface area contributed by atoms with E-state index in [1.807, 2.05) is 13.8 Å². The number of likely N-dealkylation sites (N-methyl/N-ethyl adjacent to an activating group) is 1. The molecule has 1 heterocycles. The Kier molecular flexibility index (Phi) is 8.78. The standard InChI is InChI=1S/C22H32N4O4/c1-5-6-7-10-26(15-23)25(4)22(28)18(13-16(2)3)24-21(27)17-8-9-19-20(14-17)30-12-11-29-19/h8-9,14,16,18H,5-7,10-13H2,1-4H3,(H,24,27)/t18-/m0/s1. The van der Waals surface area contributed by atoms with Gasteiger partial charge in [-0.1, -0.05) is 33.6 Å².